The Kier molecular flexibility index (Phi) is 5.35. The van der Waals surface area contributed by atoms with Gasteiger partial charge >= 0.3 is 5.69 Å². The quantitative estimate of drug-likeness (QED) is 0.602. The average Bonchev–Trinajstić information content (AvgIpc) is 2.93. The molecule has 2 N–H and O–H groups in total. The van der Waals surface area contributed by atoms with E-state index in [9.17, 15) is 13.2 Å². The van der Waals surface area contributed by atoms with Gasteiger partial charge < -0.3 is 4.98 Å². The second-order valence-corrected chi connectivity index (χ2v) is 7.83. The van der Waals surface area contributed by atoms with Gasteiger partial charge in [0.15, 0.2) is 0 Å². The number of hydrogen-bond donors (Lipinski definition) is 2. The van der Waals surface area contributed by atoms with Crippen LogP contribution in [-0.2, 0) is 23.0 Å². The summed E-state index contributed by atoms with van der Waals surface area (Å²) in [5, 5.41) is 0. The fourth-order valence-corrected chi connectivity index (χ4v) is 3.87. The zero-order valence-corrected chi connectivity index (χ0v) is 14.6. The molecule has 0 fully saturated rings. The van der Waals surface area contributed by atoms with Crippen LogP contribution in [0.1, 0.15) is 12.0 Å². The summed E-state index contributed by atoms with van der Waals surface area (Å²) < 4.78 is 28.4. The monoisotopic (exact) mass is 359 g/mol. The van der Waals surface area contributed by atoms with E-state index in [4.69, 9.17) is 0 Å². The normalized spacial score (nSPS) is 11.8. The number of para-hydroxylation sites is 2. The number of H-pyrrole nitrogens is 1. The fourth-order valence-electron chi connectivity index (χ4n) is 2.76. The maximum absolute atomic E-state index is 12.1. The number of rotatable bonds is 8. The zero-order chi connectivity index (χ0) is 17.7. The Morgan fingerprint density at radius 3 is 2.52 bits per heavy atom. The number of nitrogens with zero attached hydrogens (tertiary/aromatic N) is 1. The molecule has 0 amide bonds. The standard InChI is InChI=1S/C18H21N3O3S/c22-18-20-16-9-4-5-10-17(16)21(18)13-6-12-19-25(23,24)14-11-15-7-2-1-3-8-15/h1-5,7-10,19H,6,11-14H2,(H,20,22). The van der Waals surface area contributed by atoms with Gasteiger partial charge in [0.05, 0.1) is 16.8 Å². The van der Waals surface area contributed by atoms with Crippen LogP contribution in [0.2, 0.25) is 0 Å². The van der Waals surface area contributed by atoms with Gasteiger partial charge in [0.1, 0.15) is 0 Å². The molecule has 0 spiro atoms. The summed E-state index contributed by atoms with van der Waals surface area (Å²) in [6, 6.07) is 17.0. The van der Waals surface area contributed by atoms with E-state index in [-0.39, 0.29) is 11.4 Å². The smallest absolute Gasteiger partial charge is 0.306 e. The lowest BCUT2D eigenvalue weighted by Gasteiger charge is -2.07. The molecule has 25 heavy (non-hydrogen) atoms. The van der Waals surface area contributed by atoms with Crippen molar-refractivity contribution >= 4 is 21.1 Å². The van der Waals surface area contributed by atoms with Crippen LogP contribution in [-0.4, -0.2) is 30.3 Å². The Labute approximate surface area is 146 Å². The van der Waals surface area contributed by atoms with Gasteiger partial charge in [0, 0.05) is 13.1 Å². The summed E-state index contributed by atoms with van der Waals surface area (Å²) in [4.78, 5) is 14.7. The Morgan fingerprint density at radius 1 is 1.00 bits per heavy atom. The molecule has 0 saturated heterocycles. The highest BCUT2D eigenvalue weighted by Gasteiger charge is 2.10. The molecule has 1 heterocycles. The molecule has 6 nitrogen and oxygen atoms in total. The maximum atomic E-state index is 12.1. The molecule has 0 radical (unpaired) electrons. The molecule has 3 rings (SSSR count). The molecule has 0 aliphatic rings. The molecule has 0 saturated carbocycles. The minimum atomic E-state index is -3.32. The number of aromatic nitrogens is 2. The molecular weight excluding hydrogens is 338 g/mol. The lowest BCUT2D eigenvalue weighted by Crippen LogP contribution is -2.29. The molecule has 0 aliphatic carbocycles. The van der Waals surface area contributed by atoms with Crippen molar-refractivity contribution in [3.63, 3.8) is 0 Å². The van der Waals surface area contributed by atoms with Gasteiger partial charge in [-0.05, 0) is 30.5 Å². The van der Waals surface area contributed by atoms with E-state index in [1.165, 1.54) is 0 Å². The Balaban J connectivity index is 1.50. The predicted octanol–water partition coefficient (Wildman–Crippen LogP) is 1.88. The summed E-state index contributed by atoms with van der Waals surface area (Å²) in [5.74, 6) is 0.0596. The summed E-state index contributed by atoms with van der Waals surface area (Å²) in [7, 11) is -3.32. The highest BCUT2D eigenvalue weighted by atomic mass is 32.2. The number of hydrogen-bond acceptors (Lipinski definition) is 3. The van der Waals surface area contributed by atoms with E-state index in [0.717, 1.165) is 16.6 Å². The van der Waals surface area contributed by atoms with Gasteiger partial charge in [0.2, 0.25) is 10.0 Å². The number of aromatic amines is 1. The van der Waals surface area contributed by atoms with E-state index in [1.54, 1.807) is 4.57 Å². The Bertz CT molecular complexity index is 991. The number of nitrogens with one attached hydrogen (secondary N) is 2. The van der Waals surface area contributed by atoms with Gasteiger partial charge in [-0.1, -0.05) is 42.5 Å². The highest BCUT2D eigenvalue weighted by Crippen LogP contribution is 2.09. The van der Waals surface area contributed by atoms with Crippen molar-refractivity contribution in [2.75, 3.05) is 12.3 Å². The number of imidazole rings is 1. The van der Waals surface area contributed by atoms with E-state index >= 15 is 0 Å². The van der Waals surface area contributed by atoms with Gasteiger partial charge in [0.25, 0.3) is 0 Å². The average molecular weight is 359 g/mol. The molecule has 3 aromatic rings. The molecule has 2 aromatic carbocycles. The van der Waals surface area contributed by atoms with E-state index in [2.05, 4.69) is 9.71 Å². The summed E-state index contributed by atoms with van der Waals surface area (Å²) in [5.41, 5.74) is 2.45. The number of aryl methyl sites for hydroxylation is 2. The number of benzene rings is 2. The summed E-state index contributed by atoms with van der Waals surface area (Å²) in [6.07, 6.45) is 1.03. The first-order valence-electron chi connectivity index (χ1n) is 8.24. The van der Waals surface area contributed by atoms with Crippen molar-refractivity contribution in [2.45, 2.75) is 19.4 Å². The summed E-state index contributed by atoms with van der Waals surface area (Å²) >= 11 is 0. The lowest BCUT2D eigenvalue weighted by molar-refractivity contribution is 0.569. The minimum Gasteiger partial charge on any atom is -0.306 e. The van der Waals surface area contributed by atoms with Crippen LogP contribution in [0.15, 0.2) is 59.4 Å². The topological polar surface area (TPSA) is 84.0 Å². The largest absolute Gasteiger partial charge is 0.326 e. The van der Waals surface area contributed by atoms with E-state index in [0.29, 0.717) is 25.9 Å². The third kappa shape index (κ3) is 4.58. The molecular formula is C18H21N3O3S. The summed E-state index contributed by atoms with van der Waals surface area (Å²) in [6.45, 7) is 0.771. The number of sulfonamides is 1. The second-order valence-electron chi connectivity index (χ2n) is 5.90. The van der Waals surface area contributed by atoms with Gasteiger partial charge in [-0.15, -0.1) is 0 Å². The number of fused-ring (bicyclic) bond motifs is 1. The second kappa shape index (κ2) is 7.67. The van der Waals surface area contributed by atoms with Crippen molar-refractivity contribution in [3.8, 4) is 0 Å². The van der Waals surface area contributed by atoms with Crippen molar-refractivity contribution in [3.05, 3.63) is 70.6 Å². The SMILES string of the molecule is O=c1[nH]c2ccccc2n1CCCNS(=O)(=O)CCc1ccccc1. The third-order valence-corrected chi connectivity index (χ3v) is 5.45. The third-order valence-electron chi connectivity index (χ3n) is 4.06. The van der Waals surface area contributed by atoms with Crippen molar-refractivity contribution in [1.82, 2.24) is 14.3 Å². The molecule has 7 heteroatoms. The van der Waals surface area contributed by atoms with Crippen LogP contribution in [0.4, 0.5) is 0 Å². The van der Waals surface area contributed by atoms with Crippen molar-refractivity contribution in [2.24, 2.45) is 0 Å². The van der Waals surface area contributed by atoms with Crippen molar-refractivity contribution < 1.29 is 8.42 Å². The fraction of sp³-hybridized carbons (Fsp3) is 0.278. The Hall–Kier alpha value is -2.38. The lowest BCUT2D eigenvalue weighted by atomic mass is 10.2. The Morgan fingerprint density at radius 2 is 1.72 bits per heavy atom. The predicted molar refractivity (Wildman–Crippen MR) is 99.1 cm³/mol. The molecule has 1 aromatic heterocycles. The van der Waals surface area contributed by atoms with Gasteiger partial charge in [-0.25, -0.2) is 17.9 Å². The minimum absolute atomic E-state index is 0.0596. The van der Waals surface area contributed by atoms with Gasteiger partial charge in [-0.3, -0.25) is 4.57 Å². The zero-order valence-electron chi connectivity index (χ0n) is 13.8. The first kappa shape index (κ1) is 17.4. The molecule has 0 bridgehead atoms. The molecule has 0 aliphatic heterocycles. The van der Waals surface area contributed by atoms with Crippen LogP contribution in [0, 0.1) is 0 Å². The van der Waals surface area contributed by atoms with E-state index in [1.807, 2.05) is 54.6 Å². The maximum Gasteiger partial charge on any atom is 0.326 e. The van der Waals surface area contributed by atoms with Crippen LogP contribution in [0.5, 0.6) is 0 Å². The molecule has 0 unspecified atom stereocenters. The van der Waals surface area contributed by atoms with Gasteiger partial charge in [-0.2, -0.15) is 0 Å². The van der Waals surface area contributed by atoms with Crippen molar-refractivity contribution in [1.29, 1.82) is 0 Å². The van der Waals surface area contributed by atoms with Crippen LogP contribution >= 0.6 is 0 Å². The van der Waals surface area contributed by atoms with Crippen LogP contribution in [0.3, 0.4) is 0 Å². The van der Waals surface area contributed by atoms with E-state index < -0.39 is 10.0 Å². The molecule has 0 atom stereocenters. The first-order chi connectivity index (χ1) is 12.1. The first-order valence-corrected chi connectivity index (χ1v) is 9.89. The van der Waals surface area contributed by atoms with Crippen LogP contribution in [0.25, 0.3) is 11.0 Å². The highest BCUT2D eigenvalue weighted by molar-refractivity contribution is 7.89. The van der Waals surface area contributed by atoms with Crippen LogP contribution < -0.4 is 10.4 Å². The molecule has 132 valence electrons.